The largest absolute Gasteiger partial charge is 0.426 e. The first kappa shape index (κ1) is 23.1. The van der Waals surface area contributed by atoms with Gasteiger partial charge in [-0.3, -0.25) is 0 Å². The van der Waals surface area contributed by atoms with Gasteiger partial charge in [-0.25, -0.2) is 0 Å². The quantitative estimate of drug-likeness (QED) is 0.467. The Hall–Kier alpha value is -0.580. The highest BCUT2D eigenvalue weighted by molar-refractivity contribution is 5.22. The van der Waals surface area contributed by atoms with Crippen LogP contribution in [0.15, 0.2) is 0 Å². The molecule has 4 saturated carbocycles. The normalized spacial score (nSPS) is 38.5. The van der Waals surface area contributed by atoms with Gasteiger partial charge in [0.15, 0.2) is 0 Å². The van der Waals surface area contributed by atoms with Crippen molar-refractivity contribution in [1.29, 1.82) is 0 Å². The lowest BCUT2D eigenvalue weighted by atomic mass is 9.42. The summed E-state index contributed by atoms with van der Waals surface area (Å²) in [6.45, 7) is 3.91. The zero-order valence-electron chi connectivity index (χ0n) is 16.5. The lowest BCUT2D eigenvalue weighted by Gasteiger charge is -2.67. The Labute approximate surface area is 165 Å². The minimum absolute atomic E-state index is 0.000313. The SMILES string of the molecule is CCC(C)OCCOC12CC3CC(O)(C1)CC(C(O)(C(F)(F)F)C(F)(F)F)(C3)C2. The third-order valence-corrected chi connectivity index (χ3v) is 7.04. The van der Waals surface area contributed by atoms with Crippen LogP contribution in [0.25, 0.3) is 0 Å². The van der Waals surface area contributed by atoms with Crippen LogP contribution in [0.1, 0.15) is 58.8 Å². The van der Waals surface area contributed by atoms with E-state index in [4.69, 9.17) is 9.47 Å². The molecule has 0 aliphatic heterocycles. The lowest BCUT2D eigenvalue weighted by molar-refractivity contribution is -0.429. The molecule has 0 saturated heterocycles. The fourth-order valence-corrected chi connectivity index (χ4v) is 6.25. The molecule has 10 heteroatoms. The smallest absolute Gasteiger partial charge is 0.390 e. The summed E-state index contributed by atoms with van der Waals surface area (Å²) in [6.07, 6.45) is -12.6. The summed E-state index contributed by atoms with van der Waals surface area (Å²) in [7, 11) is 0. The Morgan fingerprint density at radius 2 is 1.59 bits per heavy atom. The first-order valence-electron chi connectivity index (χ1n) is 9.95. The predicted octanol–water partition coefficient (Wildman–Crippen LogP) is 4.13. The molecule has 0 amide bonds. The van der Waals surface area contributed by atoms with Crippen LogP contribution < -0.4 is 0 Å². The maximum Gasteiger partial charge on any atom is 0.426 e. The Balaban J connectivity index is 1.91. The average Bonchev–Trinajstić information content (AvgIpc) is 2.53. The molecule has 4 nitrogen and oxygen atoms in total. The Morgan fingerprint density at radius 1 is 0.966 bits per heavy atom. The first-order valence-corrected chi connectivity index (χ1v) is 9.95. The predicted molar refractivity (Wildman–Crippen MR) is 90.0 cm³/mol. The molecule has 0 heterocycles. The van der Waals surface area contributed by atoms with Crippen LogP contribution in [-0.2, 0) is 9.47 Å². The van der Waals surface area contributed by atoms with Crippen molar-refractivity contribution < 1.29 is 46.0 Å². The third-order valence-electron chi connectivity index (χ3n) is 7.04. The highest BCUT2D eigenvalue weighted by Crippen LogP contribution is 2.71. The molecule has 2 N–H and O–H groups in total. The van der Waals surface area contributed by atoms with Gasteiger partial charge in [-0.2, -0.15) is 26.3 Å². The Bertz CT molecular complexity index is 609. The van der Waals surface area contributed by atoms with Crippen molar-refractivity contribution >= 4 is 0 Å². The van der Waals surface area contributed by atoms with Gasteiger partial charge in [0.1, 0.15) is 0 Å². The molecular formula is C19H28F6O4. The second kappa shape index (κ2) is 6.97. The van der Waals surface area contributed by atoms with Crippen molar-refractivity contribution in [1.82, 2.24) is 0 Å². The van der Waals surface area contributed by atoms with E-state index in [1.54, 1.807) is 0 Å². The molecule has 170 valence electrons. The zero-order valence-corrected chi connectivity index (χ0v) is 16.5. The van der Waals surface area contributed by atoms with Gasteiger partial charge in [0.25, 0.3) is 5.60 Å². The molecule has 0 aromatic heterocycles. The van der Waals surface area contributed by atoms with E-state index in [1.807, 2.05) is 13.8 Å². The van der Waals surface area contributed by atoms with Gasteiger partial charge >= 0.3 is 12.4 Å². The van der Waals surface area contributed by atoms with Crippen molar-refractivity contribution in [3.05, 3.63) is 0 Å². The van der Waals surface area contributed by atoms with Gasteiger partial charge in [0.05, 0.1) is 30.5 Å². The van der Waals surface area contributed by atoms with Gasteiger partial charge in [0, 0.05) is 11.8 Å². The second-order valence-corrected chi connectivity index (χ2v) is 9.34. The van der Waals surface area contributed by atoms with Crippen LogP contribution in [0.3, 0.4) is 0 Å². The van der Waals surface area contributed by atoms with E-state index in [0.29, 0.717) is 0 Å². The third kappa shape index (κ3) is 3.68. The van der Waals surface area contributed by atoms with Crippen molar-refractivity contribution in [2.75, 3.05) is 13.2 Å². The van der Waals surface area contributed by atoms with Crippen LogP contribution in [0.4, 0.5) is 26.3 Å². The molecule has 0 aromatic carbocycles. The molecule has 0 radical (unpaired) electrons. The number of aliphatic hydroxyl groups is 2. The molecule has 5 atom stereocenters. The van der Waals surface area contributed by atoms with E-state index in [9.17, 15) is 36.6 Å². The summed E-state index contributed by atoms with van der Waals surface area (Å²) in [6, 6.07) is 0. The average molecular weight is 434 g/mol. The highest BCUT2D eigenvalue weighted by Gasteiger charge is 2.83. The van der Waals surface area contributed by atoms with Gasteiger partial charge in [-0.05, 0) is 51.4 Å². The molecular weight excluding hydrogens is 406 g/mol. The van der Waals surface area contributed by atoms with Crippen molar-refractivity contribution in [3.8, 4) is 0 Å². The van der Waals surface area contributed by atoms with Gasteiger partial charge < -0.3 is 19.7 Å². The van der Waals surface area contributed by atoms with Crippen molar-refractivity contribution in [3.63, 3.8) is 0 Å². The topological polar surface area (TPSA) is 58.9 Å². The first-order chi connectivity index (χ1) is 13.1. The van der Waals surface area contributed by atoms with E-state index < -0.39 is 59.8 Å². The molecule has 0 spiro atoms. The minimum Gasteiger partial charge on any atom is -0.390 e. The van der Waals surface area contributed by atoms with Crippen molar-refractivity contribution in [2.24, 2.45) is 11.3 Å². The number of alkyl halides is 6. The van der Waals surface area contributed by atoms with E-state index in [1.165, 1.54) is 0 Å². The summed E-state index contributed by atoms with van der Waals surface area (Å²) in [5.41, 5.74) is -10.5. The minimum atomic E-state index is -5.92. The molecule has 29 heavy (non-hydrogen) atoms. The monoisotopic (exact) mass is 434 g/mol. The molecule has 4 aliphatic rings. The molecule has 4 rings (SSSR count). The second-order valence-electron chi connectivity index (χ2n) is 9.34. The van der Waals surface area contributed by atoms with Crippen LogP contribution in [0.2, 0.25) is 0 Å². The molecule has 4 bridgehead atoms. The summed E-state index contributed by atoms with van der Waals surface area (Å²) in [5, 5.41) is 21.1. The van der Waals surface area contributed by atoms with Crippen LogP contribution in [0, 0.1) is 11.3 Å². The van der Waals surface area contributed by atoms with Crippen molar-refractivity contribution in [2.45, 2.75) is 94.1 Å². The van der Waals surface area contributed by atoms with Gasteiger partial charge in [0.2, 0.25) is 0 Å². The van der Waals surface area contributed by atoms with Gasteiger partial charge in [-0.15, -0.1) is 0 Å². The summed E-state index contributed by atoms with van der Waals surface area (Å²) in [4.78, 5) is 0. The number of hydrogen-bond donors (Lipinski definition) is 2. The molecule has 5 unspecified atom stereocenters. The molecule has 0 aromatic rings. The van der Waals surface area contributed by atoms with E-state index in [2.05, 4.69) is 0 Å². The molecule has 4 fully saturated rings. The Kier molecular flexibility index (Phi) is 5.55. The fraction of sp³-hybridized carbons (Fsp3) is 1.00. The number of hydrogen-bond acceptors (Lipinski definition) is 4. The Morgan fingerprint density at radius 3 is 2.10 bits per heavy atom. The van der Waals surface area contributed by atoms with Crippen LogP contribution in [-0.4, -0.2) is 58.7 Å². The maximum atomic E-state index is 13.7. The summed E-state index contributed by atoms with van der Waals surface area (Å²) < 4.78 is 93.4. The number of halogens is 6. The van der Waals surface area contributed by atoms with Crippen LogP contribution >= 0.6 is 0 Å². The molecule has 4 aliphatic carbocycles. The number of rotatable bonds is 7. The zero-order chi connectivity index (χ0) is 21.9. The highest BCUT2D eigenvalue weighted by atomic mass is 19.4. The standard InChI is InChI=1S/C19H28F6O4/c1-3-12(2)28-4-5-29-16-8-13-6-14(10-16,9-15(26,7-13)11-16)17(27,18(20,21)22)19(23,24)25/h12-13,26-27H,3-11H2,1-2H3. The summed E-state index contributed by atoms with van der Waals surface area (Å²) in [5.74, 6) is -0.581. The maximum absolute atomic E-state index is 13.7. The van der Waals surface area contributed by atoms with E-state index in [0.717, 1.165) is 6.42 Å². The fourth-order valence-electron chi connectivity index (χ4n) is 6.25. The summed E-state index contributed by atoms with van der Waals surface area (Å²) >= 11 is 0. The lowest BCUT2D eigenvalue weighted by Crippen LogP contribution is -2.76. The number of ether oxygens (including phenoxy) is 2. The van der Waals surface area contributed by atoms with Crippen LogP contribution in [0.5, 0.6) is 0 Å². The van der Waals surface area contributed by atoms with E-state index >= 15 is 0 Å². The van der Waals surface area contributed by atoms with E-state index in [-0.39, 0.29) is 38.6 Å². The van der Waals surface area contributed by atoms with Gasteiger partial charge in [-0.1, -0.05) is 6.92 Å².